The molecule has 2 nitrogen and oxygen atoms in total. The van der Waals surface area contributed by atoms with E-state index in [-0.39, 0.29) is 5.41 Å². The highest BCUT2D eigenvalue weighted by atomic mass is 14.7. The van der Waals surface area contributed by atoms with Crippen molar-refractivity contribution in [3.63, 3.8) is 0 Å². The van der Waals surface area contributed by atoms with Crippen molar-refractivity contribution < 1.29 is 0 Å². The Morgan fingerprint density at radius 3 is 2.11 bits per heavy atom. The lowest BCUT2D eigenvalue weighted by Crippen LogP contribution is -2.21. The molecular weight excluding hydrogens is 112 g/mol. The first-order chi connectivity index (χ1) is 4.04. The Balaban J connectivity index is 4.14. The van der Waals surface area contributed by atoms with Crippen molar-refractivity contribution in [1.29, 1.82) is 0 Å². The fraction of sp³-hybridized carbons (Fsp3) is 0.714. The van der Waals surface area contributed by atoms with Gasteiger partial charge < -0.3 is 11.5 Å². The summed E-state index contributed by atoms with van der Waals surface area (Å²) >= 11 is 0. The predicted octanol–water partition coefficient (Wildman–Crippen LogP) is 1.18. The van der Waals surface area contributed by atoms with Gasteiger partial charge in [-0.1, -0.05) is 20.8 Å². The molecule has 2 heteroatoms. The van der Waals surface area contributed by atoms with E-state index >= 15 is 0 Å². The summed E-state index contributed by atoms with van der Waals surface area (Å²) in [6, 6.07) is 0. The normalized spacial score (nSPS) is 13.9. The molecule has 9 heavy (non-hydrogen) atoms. The lowest BCUT2D eigenvalue weighted by molar-refractivity contribution is 0.423. The molecule has 0 aromatic carbocycles. The van der Waals surface area contributed by atoms with Gasteiger partial charge in [0.25, 0.3) is 0 Å². The van der Waals surface area contributed by atoms with E-state index < -0.39 is 0 Å². The molecule has 0 aromatic heterocycles. The second-order valence-corrected chi connectivity index (χ2v) is 2.86. The van der Waals surface area contributed by atoms with E-state index in [2.05, 4.69) is 20.8 Å². The maximum absolute atomic E-state index is 5.60. The molecular formula is C7H16N2. The van der Waals surface area contributed by atoms with Gasteiger partial charge in [-0.2, -0.15) is 0 Å². The van der Waals surface area contributed by atoms with Crippen molar-refractivity contribution in [2.24, 2.45) is 16.9 Å². The van der Waals surface area contributed by atoms with Gasteiger partial charge in [-0.3, -0.25) is 0 Å². The van der Waals surface area contributed by atoms with E-state index in [1.54, 1.807) is 0 Å². The highest BCUT2D eigenvalue weighted by Crippen LogP contribution is 2.24. The third-order valence-electron chi connectivity index (χ3n) is 1.84. The Morgan fingerprint density at radius 2 is 2.00 bits per heavy atom. The molecule has 0 unspecified atom stereocenters. The fourth-order valence-electron chi connectivity index (χ4n) is 0.430. The van der Waals surface area contributed by atoms with Crippen LogP contribution in [0.15, 0.2) is 11.9 Å². The van der Waals surface area contributed by atoms with Crippen LogP contribution in [-0.2, 0) is 0 Å². The van der Waals surface area contributed by atoms with Gasteiger partial charge in [0.05, 0.1) is 0 Å². The van der Waals surface area contributed by atoms with Crippen LogP contribution in [0.1, 0.15) is 27.2 Å². The summed E-state index contributed by atoms with van der Waals surface area (Å²) < 4.78 is 0. The maximum atomic E-state index is 5.60. The second-order valence-electron chi connectivity index (χ2n) is 2.86. The van der Waals surface area contributed by atoms with E-state index in [1.807, 2.05) is 0 Å². The number of rotatable bonds is 2. The van der Waals surface area contributed by atoms with Gasteiger partial charge in [0.15, 0.2) is 0 Å². The molecule has 0 spiro atoms. The minimum Gasteiger partial charge on any atom is -0.403 e. The molecule has 0 aliphatic rings. The summed E-state index contributed by atoms with van der Waals surface area (Å²) in [5, 5.41) is 0. The van der Waals surface area contributed by atoms with E-state index in [4.69, 9.17) is 11.5 Å². The third kappa shape index (κ3) is 1.96. The summed E-state index contributed by atoms with van der Waals surface area (Å²) in [7, 11) is 0. The van der Waals surface area contributed by atoms with E-state index in [0.29, 0.717) is 0 Å². The zero-order valence-corrected chi connectivity index (χ0v) is 6.44. The van der Waals surface area contributed by atoms with Gasteiger partial charge in [-0.25, -0.2) is 0 Å². The van der Waals surface area contributed by atoms with Crippen LogP contribution in [-0.4, -0.2) is 0 Å². The van der Waals surface area contributed by atoms with Crippen LogP contribution in [0, 0.1) is 5.41 Å². The first-order valence-corrected chi connectivity index (χ1v) is 3.22. The molecule has 0 heterocycles. The predicted molar refractivity (Wildman–Crippen MR) is 40.5 cm³/mol. The SMILES string of the molecule is CCC(C)(C)C(N)=CN. The van der Waals surface area contributed by atoms with Crippen LogP contribution >= 0.6 is 0 Å². The van der Waals surface area contributed by atoms with Crippen molar-refractivity contribution in [3.8, 4) is 0 Å². The second kappa shape index (κ2) is 2.76. The Kier molecular flexibility index (Phi) is 2.56. The molecule has 0 saturated carbocycles. The zero-order valence-electron chi connectivity index (χ0n) is 6.44. The standard InChI is InChI=1S/C7H16N2/c1-4-7(2,3)6(9)5-8/h5H,4,8-9H2,1-3H3. The molecule has 0 bridgehead atoms. The van der Waals surface area contributed by atoms with Crippen LogP contribution in [0.2, 0.25) is 0 Å². The van der Waals surface area contributed by atoms with Crippen LogP contribution in [0.5, 0.6) is 0 Å². The first kappa shape index (κ1) is 8.34. The van der Waals surface area contributed by atoms with Crippen molar-refractivity contribution in [3.05, 3.63) is 11.9 Å². The number of nitrogens with two attached hydrogens (primary N) is 2. The number of hydrogen-bond donors (Lipinski definition) is 2. The van der Waals surface area contributed by atoms with Gasteiger partial charge in [0.2, 0.25) is 0 Å². The minimum atomic E-state index is 0.0642. The third-order valence-corrected chi connectivity index (χ3v) is 1.84. The van der Waals surface area contributed by atoms with Gasteiger partial charge in [-0.05, 0) is 6.42 Å². The largest absolute Gasteiger partial charge is 0.403 e. The summed E-state index contributed by atoms with van der Waals surface area (Å²) in [5.74, 6) is 0. The van der Waals surface area contributed by atoms with Crippen LogP contribution in [0.4, 0.5) is 0 Å². The van der Waals surface area contributed by atoms with Crippen LogP contribution < -0.4 is 11.5 Å². The monoisotopic (exact) mass is 128 g/mol. The smallest absolute Gasteiger partial charge is 0.0295 e. The quantitative estimate of drug-likeness (QED) is 0.586. The number of hydrogen-bond acceptors (Lipinski definition) is 2. The summed E-state index contributed by atoms with van der Waals surface area (Å²) in [6.45, 7) is 6.24. The lowest BCUT2D eigenvalue weighted by Gasteiger charge is -2.22. The Labute approximate surface area is 56.9 Å². The Hall–Kier alpha value is -0.660. The molecule has 0 aliphatic heterocycles. The molecule has 0 aliphatic carbocycles. The molecule has 0 fully saturated rings. The minimum absolute atomic E-state index is 0.0642. The molecule has 0 rings (SSSR count). The van der Waals surface area contributed by atoms with Gasteiger partial charge >= 0.3 is 0 Å². The number of allylic oxidation sites excluding steroid dienone is 1. The average molecular weight is 128 g/mol. The molecule has 4 N–H and O–H groups in total. The lowest BCUT2D eigenvalue weighted by atomic mass is 9.87. The summed E-state index contributed by atoms with van der Waals surface area (Å²) in [4.78, 5) is 0. The van der Waals surface area contributed by atoms with Crippen molar-refractivity contribution >= 4 is 0 Å². The highest BCUT2D eigenvalue weighted by Gasteiger charge is 2.17. The fourth-order valence-corrected chi connectivity index (χ4v) is 0.430. The Bertz CT molecular complexity index is 114. The maximum Gasteiger partial charge on any atom is 0.0295 e. The van der Waals surface area contributed by atoms with E-state index in [0.717, 1.165) is 12.1 Å². The first-order valence-electron chi connectivity index (χ1n) is 3.22. The van der Waals surface area contributed by atoms with Crippen molar-refractivity contribution in [1.82, 2.24) is 0 Å². The molecule has 0 amide bonds. The molecule has 0 radical (unpaired) electrons. The van der Waals surface area contributed by atoms with Crippen molar-refractivity contribution in [2.75, 3.05) is 0 Å². The van der Waals surface area contributed by atoms with Gasteiger partial charge in [0.1, 0.15) is 0 Å². The van der Waals surface area contributed by atoms with Crippen LogP contribution in [0.25, 0.3) is 0 Å². The zero-order chi connectivity index (χ0) is 7.49. The van der Waals surface area contributed by atoms with Crippen LogP contribution in [0.3, 0.4) is 0 Å². The molecule has 0 atom stereocenters. The van der Waals surface area contributed by atoms with Gasteiger partial charge in [-0.15, -0.1) is 0 Å². The van der Waals surface area contributed by atoms with Gasteiger partial charge in [0, 0.05) is 17.3 Å². The molecule has 0 saturated heterocycles. The van der Waals surface area contributed by atoms with E-state index in [9.17, 15) is 0 Å². The van der Waals surface area contributed by atoms with Crippen molar-refractivity contribution in [2.45, 2.75) is 27.2 Å². The average Bonchev–Trinajstić information content (AvgIpc) is 1.86. The summed E-state index contributed by atoms with van der Waals surface area (Å²) in [6.07, 6.45) is 2.50. The highest BCUT2D eigenvalue weighted by molar-refractivity contribution is 5.04. The Morgan fingerprint density at radius 1 is 1.56 bits per heavy atom. The molecule has 54 valence electrons. The summed E-state index contributed by atoms with van der Waals surface area (Å²) in [5.41, 5.74) is 11.7. The van der Waals surface area contributed by atoms with E-state index in [1.165, 1.54) is 6.20 Å². The topological polar surface area (TPSA) is 52.0 Å². The molecule has 0 aromatic rings.